The first-order valence-corrected chi connectivity index (χ1v) is 9.02. The predicted molar refractivity (Wildman–Crippen MR) is 94.0 cm³/mol. The monoisotopic (exact) mass is 322 g/mol. The van der Waals surface area contributed by atoms with Gasteiger partial charge < -0.3 is 15.3 Å². The lowest BCUT2D eigenvalue weighted by atomic mass is 9.46. The number of aliphatic hydroxyl groups is 3. The molecule has 4 atom stereocenters. The number of hydrogen-bond donors (Lipinski definition) is 3. The number of aliphatic hydroxyl groups excluding tert-OH is 3. The maximum absolute atomic E-state index is 10.5. The highest BCUT2D eigenvalue weighted by molar-refractivity contribution is 5.18. The van der Waals surface area contributed by atoms with Gasteiger partial charge >= 0.3 is 0 Å². The third-order valence-electron chi connectivity index (χ3n) is 6.89. The molecule has 0 aliphatic heterocycles. The highest BCUT2D eigenvalue weighted by Crippen LogP contribution is 2.61. The molecule has 0 spiro atoms. The molecule has 2 aliphatic rings. The van der Waals surface area contributed by atoms with Gasteiger partial charge in [0.15, 0.2) is 0 Å². The zero-order valence-electron chi connectivity index (χ0n) is 15.0. The summed E-state index contributed by atoms with van der Waals surface area (Å²) >= 11 is 0. The van der Waals surface area contributed by atoms with Crippen molar-refractivity contribution in [2.75, 3.05) is 13.2 Å². The summed E-state index contributed by atoms with van der Waals surface area (Å²) in [5, 5.41) is 29.0. The smallest absolute Gasteiger partial charge is 0.0642 e. The van der Waals surface area contributed by atoms with Crippen LogP contribution < -0.4 is 0 Å². The normalized spacial score (nSPS) is 37.6. The molecule has 2 rings (SSSR count). The van der Waals surface area contributed by atoms with Crippen LogP contribution in [0.1, 0.15) is 59.3 Å². The van der Waals surface area contributed by atoms with Gasteiger partial charge in [-0.1, -0.05) is 39.0 Å². The third-order valence-corrected chi connectivity index (χ3v) is 6.89. The van der Waals surface area contributed by atoms with Crippen molar-refractivity contribution in [2.45, 2.75) is 65.4 Å². The quantitative estimate of drug-likeness (QED) is 0.679. The summed E-state index contributed by atoms with van der Waals surface area (Å²) in [6, 6.07) is 0. The first-order valence-electron chi connectivity index (χ1n) is 9.02. The second kappa shape index (κ2) is 7.08. The van der Waals surface area contributed by atoms with Crippen molar-refractivity contribution in [3.05, 3.63) is 23.8 Å². The Bertz CT molecular complexity index is 466. The third kappa shape index (κ3) is 3.42. The van der Waals surface area contributed by atoms with Crippen molar-refractivity contribution in [3.63, 3.8) is 0 Å². The molecular weight excluding hydrogens is 288 g/mol. The first kappa shape index (κ1) is 18.7. The van der Waals surface area contributed by atoms with E-state index in [2.05, 4.69) is 27.4 Å². The lowest BCUT2D eigenvalue weighted by Gasteiger charge is -2.59. The van der Waals surface area contributed by atoms with Gasteiger partial charge in [0, 0.05) is 0 Å². The predicted octanol–water partition coefficient (Wildman–Crippen LogP) is 3.45. The summed E-state index contributed by atoms with van der Waals surface area (Å²) in [6.45, 7) is 11.2. The molecule has 2 saturated carbocycles. The van der Waals surface area contributed by atoms with Crippen LogP contribution in [-0.4, -0.2) is 34.6 Å². The van der Waals surface area contributed by atoms with Crippen LogP contribution in [0.4, 0.5) is 0 Å². The molecule has 0 bridgehead atoms. The molecule has 132 valence electrons. The van der Waals surface area contributed by atoms with Gasteiger partial charge in [-0.05, 0) is 66.8 Å². The van der Waals surface area contributed by atoms with Crippen LogP contribution in [0.15, 0.2) is 23.8 Å². The van der Waals surface area contributed by atoms with Crippen molar-refractivity contribution in [3.8, 4) is 0 Å². The van der Waals surface area contributed by atoms with E-state index < -0.39 is 0 Å². The summed E-state index contributed by atoms with van der Waals surface area (Å²) in [6.07, 6.45) is 7.37. The van der Waals surface area contributed by atoms with Crippen LogP contribution in [0.3, 0.4) is 0 Å². The topological polar surface area (TPSA) is 60.7 Å². The minimum Gasteiger partial charge on any atom is -0.393 e. The molecule has 3 N–H and O–H groups in total. The van der Waals surface area contributed by atoms with E-state index in [1.807, 2.05) is 0 Å². The molecule has 0 amide bonds. The molecule has 0 radical (unpaired) electrons. The van der Waals surface area contributed by atoms with Crippen molar-refractivity contribution in [1.29, 1.82) is 0 Å². The van der Waals surface area contributed by atoms with Crippen LogP contribution in [0.25, 0.3) is 0 Å². The van der Waals surface area contributed by atoms with Gasteiger partial charge in [0.25, 0.3) is 0 Å². The summed E-state index contributed by atoms with van der Waals surface area (Å²) in [5.41, 5.74) is 2.38. The van der Waals surface area contributed by atoms with Crippen molar-refractivity contribution in [1.82, 2.24) is 0 Å². The van der Waals surface area contributed by atoms with E-state index in [-0.39, 0.29) is 30.1 Å². The molecule has 2 fully saturated rings. The summed E-state index contributed by atoms with van der Waals surface area (Å²) in [4.78, 5) is 0. The Labute approximate surface area is 141 Å². The summed E-state index contributed by atoms with van der Waals surface area (Å²) in [5.74, 6) is 0.940. The van der Waals surface area contributed by atoms with Crippen LogP contribution in [0, 0.1) is 22.7 Å². The highest BCUT2D eigenvalue weighted by Gasteiger charge is 2.55. The maximum atomic E-state index is 10.5. The van der Waals surface area contributed by atoms with E-state index in [0.717, 1.165) is 44.1 Å². The average molecular weight is 322 g/mol. The second-order valence-corrected chi connectivity index (χ2v) is 8.43. The average Bonchev–Trinajstić information content (AvgIpc) is 2.49. The van der Waals surface area contributed by atoms with Crippen LogP contribution in [0.5, 0.6) is 0 Å². The van der Waals surface area contributed by atoms with E-state index in [4.69, 9.17) is 5.11 Å². The van der Waals surface area contributed by atoms with Gasteiger partial charge in [-0.15, -0.1) is 0 Å². The molecule has 0 saturated heterocycles. The van der Waals surface area contributed by atoms with E-state index >= 15 is 0 Å². The number of rotatable bonds is 5. The highest BCUT2D eigenvalue weighted by atomic mass is 16.3. The number of hydrogen-bond acceptors (Lipinski definition) is 3. The zero-order valence-corrected chi connectivity index (χ0v) is 15.0. The molecule has 0 aromatic carbocycles. The molecule has 4 unspecified atom stereocenters. The van der Waals surface area contributed by atoms with E-state index in [1.165, 1.54) is 5.57 Å². The lowest BCUT2D eigenvalue weighted by Crippen LogP contribution is -2.54. The molecular formula is C20H34O3. The Morgan fingerprint density at radius 1 is 1.26 bits per heavy atom. The fourth-order valence-electron chi connectivity index (χ4n) is 5.40. The maximum Gasteiger partial charge on any atom is 0.0642 e. The minimum atomic E-state index is -0.213. The summed E-state index contributed by atoms with van der Waals surface area (Å²) in [7, 11) is 0. The second-order valence-electron chi connectivity index (χ2n) is 8.43. The Morgan fingerprint density at radius 2 is 1.96 bits per heavy atom. The van der Waals surface area contributed by atoms with Gasteiger partial charge in [0.2, 0.25) is 0 Å². The Morgan fingerprint density at radius 3 is 2.57 bits per heavy atom. The summed E-state index contributed by atoms with van der Waals surface area (Å²) < 4.78 is 0. The van der Waals surface area contributed by atoms with Crippen molar-refractivity contribution in [2.24, 2.45) is 22.7 Å². The fraction of sp³-hybridized carbons (Fsp3) is 0.800. The van der Waals surface area contributed by atoms with Gasteiger partial charge in [-0.2, -0.15) is 0 Å². The van der Waals surface area contributed by atoms with E-state index in [0.29, 0.717) is 11.8 Å². The number of allylic oxidation sites excluding steroid dienone is 1. The number of fused-ring (bicyclic) bond motifs is 1. The Kier molecular flexibility index (Phi) is 5.76. The first-order chi connectivity index (χ1) is 10.8. The van der Waals surface area contributed by atoms with Crippen molar-refractivity contribution >= 4 is 0 Å². The van der Waals surface area contributed by atoms with Crippen LogP contribution in [-0.2, 0) is 0 Å². The minimum absolute atomic E-state index is 0.0133. The molecule has 3 nitrogen and oxygen atoms in total. The van der Waals surface area contributed by atoms with Crippen LogP contribution in [0.2, 0.25) is 0 Å². The standard InChI is InChI=1S/C20H34O3/c1-14-5-8-17-19(2,3)18(23)9-11-20(17,4)16(14)7-6-15(13-22)10-12-21/h10,16-18,21-23H,1,5-9,11-13H2,2-4H3. The molecule has 3 heteroatoms. The Hall–Kier alpha value is -0.640. The zero-order chi connectivity index (χ0) is 17.3. The van der Waals surface area contributed by atoms with Crippen LogP contribution >= 0.6 is 0 Å². The van der Waals surface area contributed by atoms with Gasteiger partial charge in [0.1, 0.15) is 0 Å². The van der Waals surface area contributed by atoms with Gasteiger partial charge in [-0.25, -0.2) is 0 Å². The molecule has 0 heterocycles. The Balaban J connectivity index is 2.21. The largest absolute Gasteiger partial charge is 0.393 e. The SMILES string of the molecule is C=C1CCC2C(C)(C)C(O)CCC2(C)C1CCC(=CCO)CO. The molecule has 0 aromatic rings. The van der Waals surface area contributed by atoms with Gasteiger partial charge in [-0.3, -0.25) is 0 Å². The molecule has 23 heavy (non-hydrogen) atoms. The van der Waals surface area contributed by atoms with Gasteiger partial charge in [0.05, 0.1) is 19.3 Å². The lowest BCUT2D eigenvalue weighted by molar-refractivity contribution is -0.125. The van der Waals surface area contributed by atoms with Crippen molar-refractivity contribution < 1.29 is 15.3 Å². The molecule has 0 aromatic heterocycles. The molecule has 2 aliphatic carbocycles. The van der Waals surface area contributed by atoms with E-state index in [9.17, 15) is 10.2 Å². The fourth-order valence-corrected chi connectivity index (χ4v) is 5.40. The van der Waals surface area contributed by atoms with E-state index in [1.54, 1.807) is 6.08 Å².